The number of hydrogen-bond donors (Lipinski definition) is 1. The molecule has 0 aromatic rings. The van der Waals surface area contributed by atoms with E-state index in [9.17, 15) is 13.2 Å². The Hall–Kier alpha value is -0.660. The van der Waals surface area contributed by atoms with E-state index in [1.807, 2.05) is 0 Å². The average Bonchev–Trinajstić information content (AvgIpc) is 2.28. The lowest BCUT2D eigenvalue weighted by atomic mass is 10.2. The van der Waals surface area contributed by atoms with E-state index < -0.39 is 15.9 Å². The number of carbonyl (C=O) groups is 1. The zero-order valence-corrected chi connectivity index (χ0v) is 11.5. The first kappa shape index (κ1) is 14.4. The topological polar surface area (TPSA) is 69.7 Å². The van der Waals surface area contributed by atoms with Crippen LogP contribution in [0.1, 0.15) is 6.92 Å². The van der Waals surface area contributed by atoms with Gasteiger partial charge in [0.05, 0.1) is 11.7 Å². The maximum atomic E-state index is 12.1. The molecule has 17 heavy (non-hydrogen) atoms. The minimum atomic E-state index is -3.32. The van der Waals surface area contributed by atoms with Crippen molar-refractivity contribution in [3.63, 3.8) is 0 Å². The van der Waals surface area contributed by atoms with Gasteiger partial charge < -0.3 is 10.2 Å². The molecule has 0 aromatic carbocycles. The predicted molar refractivity (Wildman–Crippen MR) is 66.1 cm³/mol. The molecule has 0 aliphatic carbocycles. The fourth-order valence-electron chi connectivity index (χ4n) is 1.86. The fraction of sp³-hybridized carbons (Fsp3) is 0.900. The van der Waals surface area contributed by atoms with E-state index >= 15 is 0 Å². The Bertz CT molecular complexity index is 361. The summed E-state index contributed by atoms with van der Waals surface area (Å²) in [6, 6.07) is 0. The second-order valence-electron chi connectivity index (χ2n) is 4.56. The van der Waals surface area contributed by atoms with Crippen LogP contribution in [0, 0.1) is 5.92 Å². The van der Waals surface area contributed by atoms with Gasteiger partial charge in [-0.05, 0) is 0 Å². The van der Waals surface area contributed by atoms with Gasteiger partial charge in [-0.2, -0.15) is 4.31 Å². The molecule has 1 atom stereocenters. The van der Waals surface area contributed by atoms with Gasteiger partial charge in [0, 0.05) is 40.3 Å². The van der Waals surface area contributed by atoms with E-state index in [1.54, 1.807) is 21.0 Å². The first-order chi connectivity index (χ1) is 7.84. The average molecular weight is 263 g/mol. The molecule has 1 aliphatic heterocycles. The number of hydrogen-bond acceptors (Lipinski definition) is 4. The molecular weight excluding hydrogens is 242 g/mol. The highest BCUT2D eigenvalue weighted by atomic mass is 32.2. The van der Waals surface area contributed by atoms with Crippen LogP contribution in [0.4, 0.5) is 0 Å². The van der Waals surface area contributed by atoms with Gasteiger partial charge >= 0.3 is 0 Å². The number of amides is 1. The molecule has 1 rings (SSSR count). The number of rotatable bonds is 4. The summed E-state index contributed by atoms with van der Waals surface area (Å²) in [6.45, 7) is 3.99. The van der Waals surface area contributed by atoms with E-state index in [0.29, 0.717) is 26.2 Å². The van der Waals surface area contributed by atoms with Crippen molar-refractivity contribution in [2.24, 2.45) is 5.92 Å². The third-order valence-electron chi connectivity index (χ3n) is 2.79. The van der Waals surface area contributed by atoms with Crippen molar-refractivity contribution >= 4 is 15.9 Å². The van der Waals surface area contributed by atoms with Crippen molar-refractivity contribution in [3.8, 4) is 0 Å². The van der Waals surface area contributed by atoms with E-state index in [2.05, 4.69) is 5.32 Å². The van der Waals surface area contributed by atoms with Crippen molar-refractivity contribution in [3.05, 3.63) is 0 Å². The Labute approximate surface area is 103 Å². The van der Waals surface area contributed by atoms with Crippen LogP contribution in [0.25, 0.3) is 0 Å². The molecule has 0 aromatic heterocycles. The summed E-state index contributed by atoms with van der Waals surface area (Å²) in [7, 11) is -0.0449. The molecule has 1 amide bonds. The van der Waals surface area contributed by atoms with Crippen LogP contribution in [0.2, 0.25) is 0 Å². The van der Waals surface area contributed by atoms with E-state index in [4.69, 9.17) is 0 Å². The molecule has 1 saturated heterocycles. The van der Waals surface area contributed by atoms with Gasteiger partial charge in [-0.25, -0.2) is 8.42 Å². The lowest BCUT2D eigenvalue weighted by Gasteiger charge is -2.28. The van der Waals surface area contributed by atoms with Gasteiger partial charge in [0.1, 0.15) is 0 Å². The van der Waals surface area contributed by atoms with E-state index in [1.165, 1.54) is 9.21 Å². The lowest BCUT2D eigenvalue weighted by Crippen LogP contribution is -2.48. The molecule has 1 fully saturated rings. The fourth-order valence-corrected chi connectivity index (χ4v) is 3.58. The van der Waals surface area contributed by atoms with Crippen molar-refractivity contribution < 1.29 is 13.2 Å². The molecule has 0 spiro atoms. The Balaban J connectivity index is 2.62. The molecule has 1 aliphatic rings. The Morgan fingerprint density at radius 1 is 1.35 bits per heavy atom. The largest absolute Gasteiger partial charge is 0.349 e. The van der Waals surface area contributed by atoms with E-state index in [0.717, 1.165) is 0 Å². The van der Waals surface area contributed by atoms with Crippen LogP contribution in [-0.2, 0) is 14.8 Å². The third kappa shape index (κ3) is 3.93. The molecule has 6 nitrogen and oxygen atoms in total. The van der Waals surface area contributed by atoms with Gasteiger partial charge in [-0.3, -0.25) is 4.79 Å². The van der Waals surface area contributed by atoms with Crippen molar-refractivity contribution in [2.45, 2.75) is 6.92 Å². The number of nitrogens with zero attached hydrogens (tertiary/aromatic N) is 2. The normalized spacial score (nSPS) is 19.9. The predicted octanol–water partition coefficient (Wildman–Crippen LogP) is -1.05. The number of piperazine rings is 1. The highest BCUT2D eigenvalue weighted by Gasteiger charge is 2.28. The van der Waals surface area contributed by atoms with Gasteiger partial charge in [0.2, 0.25) is 15.9 Å². The number of carbonyl (C=O) groups excluding carboxylic acids is 1. The Morgan fingerprint density at radius 3 is 2.35 bits per heavy atom. The zero-order valence-electron chi connectivity index (χ0n) is 10.6. The van der Waals surface area contributed by atoms with Crippen molar-refractivity contribution in [1.82, 2.24) is 14.5 Å². The quantitative estimate of drug-likeness (QED) is 0.702. The summed E-state index contributed by atoms with van der Waals surface area (Å²) in [6.07, 6.45) is 0. The smallest absolute Gasteiger partial charge is 0.225 e. The van der Waals surface area contributed by atoms with Crippen LogP contribution < -0.4 is 5.32 Å². The van der Waals surface area contributed by atoms with Gasteiger partial charge in [-0.15, -0.1) is 0 Å². The van der Waals surface area contributed by atoms with Crippen LogP contribution in [0.15, 0.2) is 0 Å². The van der Waals surface area contributed by atoms with Gasteiger partial charge in [-0.1, -0.05) is 6.92 Å². The molecule has 0 bridgehead atoms. The number of nitrogens with one attached hydrogen (secondary N) is 1. The first-order valence-corrected chi connectivity index (χ1v) is 7.35. The molecule has 1 heterocycles. The summed E-state index contributed by atoms with van der Waals surface area (Å²) < 4.78 is 25.6. The highest BCUT2D eigenvalue weighted by molar-refractivity contribution is 7.89. The van der Waals surface area contributed by atoms with Crippen LogP contribution in [0.5, 0.6) is 0 Å². The summed E-state index contributed by atoms with van der Waals surface area (Å²) >= 11 is 0. The van der Waals surface area contributed by atoms with Crippen LogP contribution >= 0.6 is 0 Å². The SMILES string of the molecule is CC(CS(=O)(=O)N1CCNCC1)C(=O)N(C)C. The molecular formula is C10H21N3O3S. The minimum absolute atomic E-state index is 0.107. The lowest BCUT2D eigenvalue weighted by molar-refractivity contribution is -0.131. The highest BCUT2D eigenvalue weighted by Crippen LogP contribution is 2.10. The van der Waals surface area contributed by atoms with Crippen molar-refractivity contribution in [1.29, 1.82) is 0 Å². The zero-order chi connectivity index (χ0) is 13.1. The van der Waals surface area contributed by atoms with Gasteiger partial charge in [0.15, 0.2) is 0 Å². The molecule has 1 unspecified atom stereocenters. The molecule has 0 radical (unpaired) electrons. The Kier molecular flexibility index (Phi) is 4.91. The van der Waals surface area contributed by atoms with Crippen LogP contribution in [0.3, 0.4) is 0 Å². The molecule has 7 heteroatoms. The molecule has 0 saturated carbocycles. The van der Waals surface area contributed by atoms with Crippen LogP contribution in [-0.4, -0.2) is 69.6 Å². The minimum Gasteiger partial charge on any atom is -0.349 e. The number of sulfonamides is 1. The summed E-state index contributed by atoms with van der Waals surface area (Å²) in [5.74, 6) is -0.752. The summed E-state index contributed by atoms with van der Waals surface area (Å²) in [5.41, 5.74) is 0. The molecule has 100 valence electrons. The summed E-state index contributed by atoms with van der Waals surface area (Å²) in [4.78, 5) is 13.1. The standard InChI is InChI=1S/C10H21N3O3S/c1-9(10(14)12(2)3)8-17(15,16)13-6-4-11-5-7-13/h9,11H,4-8H2,1-3H3. The third-order valence-corrected chi connectivity index (χ3v) is 4.87. The summed E-state index contributed by atoms with van der Waals surface area (Å²) in [5, 5.41) is 3.10. The second-order valence-corrected chi connectivity index (χ2v) is 6.57. The maximum Gasteiger partial charge on any atom is 0.225 e. The Morgan fingerprint density at radius 2 is 1.88 bits per heavy atom. The molecule has 1 N–H and O–H groups in total. The second kappa shape index (κ2) is 5.79. The maximum absolute atomic E-state index is 12.1. The van der Waals surface area contributed by atoms with E-state index in [-0.39, 0.29) is 11.7 Å². The first-order valence-electron chi connectivity index (χ1n) is 5.74. The van der Waals surface area contributed by atoms with Gasteiger partial charge in [0.25, 0.3) is 0 Å². The van der Waals surface area contributed by atoms with Crippen molar-refractivity contribution in [2.75, 3.05) is 46.0 Å². The monoisotopic (exact) mass is 263 g/mol.